The van der Waals surface area contributed by atoms with Gasteiger partial charge in [0.25, 0.3) is 5.91 Å². The Hall–Kier alpha value is -0.940. The maximum absolute atomic E-state index is 13.8. The van der Waals surface area contributed by atoms with Crippen molar-refractivity contribution in [3.63, 3.8) is 0 Å². The summed E-state index contributed by atoms with van der Waals surface area (Å²) in [6.07, 6.45) is 0. The molecule has 1 saturated heterocycles. The molecule has 1 aliphatic rings. The van der Waals surface area contributed by atoms with Gasteiger partial charge in [-0.2, -0.15) is 0 Å². The quantitative estimate of drug-likeness (QED) is 0.782. The smallest absolute Gasteiger partial charge is 0.256 e. The van der Waals surface area contributed by atoms with Crippen molar-refractivity contribution in [2.24, 2.45) is 0 Å². The number of benzene rings is 1. The van der Waals surface area contributed by atoms with Crippen LogP contribution in [0.3, 0.4) is 0 Å². The maximum atomic E-state index is 13.8. The van der Waals surface area contributed by atoms with Gasteiger partial charge >= 0.3 is 0 Å². The number of carbonyl (C=O) groups is 1. The summed E-state index contributed by atoms with van der Waals surface area (Å²) in [5.41, 5.74) is 0.250. The van der Waals surface area contributed by atoms with Crippen LogP contribution in [0.4, 0.5) is 4.39 Å². The molecule has 1 amide bonds. The summed E-state index contributed by atoms with van der Waals surface area (Å²) in [6, 6.07) is 4.47. The van der Waals surface area contributed by atoms with Crippen molar-refractivity contribution in [3.05, 3.63) is 34.1 Å². The summed E-state index contributed by atoms with van der Waals surface area (Å²) < 4.78 is 14.5. The van der Waals surface area contributed by atoms with Crippen molar-refractivity contribution in [3.8, 4) is 0 Å². The molecule has 2 rings (SSSR count). The number of carbonyl (C=O) groups excluding carboxylic acids is 1. The van der Waals surface area contributed by atoms with Crippen LogP contribution < -0.4 is 0 Å². The lowest BCUT2D eigenvalue weighted by atomic mass is 10.0. The lowest BCUT2D eigenvalue weighted by molar-refractivity contribution is 0.0447. The normalized spacial score (nSPS) is 17.4. The summed E-state index contributed by atoms with van der Waals surface area (Å²) >= 11 is 3.28. The van der Waals surface area contributed by atoms with Gasteiger partial charge in [0.1, 0.15) is 5.82 Å². The van der Waals surface area contributed by atoms with Crippen LogP contribution >= 0.6 is 15.9 Å². The predicted molar refractivity (Wildman–Crippen MR) is 81.3 cm³/mol. The zero-order chi connectivity index (χ0) is 14.9. The van der Waals surface area contributed by atoms with Gasteiger partial charge in [-0.3, -0.25) is 9.69 Å². The van der Waals surface area contributed by atoms with Gasteiger partial charge in [0, 0.05) is 36.2 Å². The molecule has 1 aromatic rings. The van der Waals surface area contributed by atoms with Crippen LogP contribution in [0.2, 0.25) is 0 Å². The van der Waals surface area contributed by atoms with E-state index < -0.39 is 5.82 Å². The molecule has 5 heteroatoms. The lowest BCUT2D eigenvalue weighted by Gasteiger charge is -2.42. The van der Waals surface area contributed by atoms with E-state index in [-0.39, 0.29) is 17.0 Å². The summed E-state index contributed by atoms with van der Waals surface area (Å²) in [6.45, 7) is 9.43. The minimum Gasteiger partial charge on any atom is -0.336 e. The van der Waals surface area contributed by atoms with E-state index in [0.29, 0.717) is 13.1 Å². The number of amides is 1. The predicted octanol–water partition coefficient (Wildman–Crippen LogP) is 3.14. The van der Waals surface area contributed by atoms with Gasteiger partial charge < -0.3 is 4.90 Å². The molecule has 0 spiro atoms. The fraction of sp³-hybridized carbons (Fsp3) is 0.533. The zero-order valence-electron chi connectivity index (χ0n) is 12.1. The van der Waals surface area contributed by atoms with Crippen LogP contribution in [0.5, 0.6) is 0 Å². The first-order valence-corrected chi connectivity index (χ1v) is 7.58. The highest BCUT2D eigenvalue weighted by Gasteiger charge is 2.29. The molecular weight excluding hydrogens is 323 g/mol. The molecule has 1 aromatic carbocycles. The van der Waals surface area contributed by atoms with E-state index in [0.717, 1.165) is 17.6 Å². The lowest BCUT2D eigenvalue weighted by Crippen LogP contribution is -2.54. The van der Waals surface area contributed by atoms with E-state index in [2.05, 4.69) is 41.6 Å². The summed E-state index contributed by atoms with van der Waals surface area (Å²) in [7, 11) is 0. The Morgan fingerprint density at radius 1 is 1.20 bits per heavy atom. The molecule has 20 heavy (non-hydrogen) atoms. The van der Waals surface area contributed by atoms with Gasteiger partial charge in [-0.05, 0) is 39.0 Å². The molecule has 1 fully saturated rings. The van der Waals surface area contributed by atoms with E-state index in [1.807, 2.05) is 0 Å². The van der Waals surface area contributed by atoms with Crippen LogP contribution in [0.15, 0.2) is 22.7 Å². The minimum atomic E-state index is -0.462. The highest BCUT2D eigenvalue weighted by molar-refractivity contribution is 9.10. The first-order chi connectivity index (χ1) is 9.29. The summed E-state index contributed by atoms with van der Waals surface area (Å²) in [4.78, 5) is 16.4. The zero-order valence-corrected chi connectivity index (χ0v) is 13.7. The van der Waals surface area contributed by atoms with Crippen LogP contribution in [-0.2, 0) is 0 Å². The van der Waals surface area contributed by atoms with E-state index in [4.69, 9.17) is 0 Å². The molecule has 0 N–H and O–H groups in total. The van der Waals surface area contributed by atoms with E-state index >= 15 is 0 Å². The molecule has 0 aliphatic carbocycles. The second kappa shape index (κ2) is 5.82. The van der Waals surface area contributed by atoms with Gasteiger partial charge in [-0.15, -0.1) is 0 Å². The fourth-order valence-corrected chi connectivity index (χ4v) is 2.77. The number of piperazine rings is 1. The topological polar surface area (TPSA) is 23.6 Å². The Labute approximate surface area is 127 Å². The average Bonchev–Trinajstić information content (AvgIpc) is 2.40. The largest absolute Gasteiger partial charge is 0.336 e. The van der Waals surface area contributed by atoms with Crippen molar-refractivity contribution in [1.29, 1.82) is 0 Å². The molecule has 0 radical (unpaired) electrons. The third-order valence-electron chi connectivity index (χ3n) is 3.67. The Bertz CT molecular complexity index is 505. The van der Waals surface area contributed by atoms with E-state index in [1.165, 1.54) is 6.07 Å². The average molecular weight is 343 g/mol. The monoisotopic (exact) mass is 342 g/mol. The van der Waals surface area contributed by atoms with Gasteiger partial charge in [-0.1, -0.05) is 15.9 Å². The van der Waals surface area contributed by atoms with Gasteiger partial charge in [0.2, 0.25) is 0 Å². The number of nitrogens with zero attached hydrogens (tertiary/aromatic N) is 2. The molecule has 110 valence electrons. The summed E-state index contributed by atoms with van der Waals surface area (Å²) in [5.74, 6) is -0.686. The third kappa shape index (κ3) is 3.38. The molecule has 0 aromatic heterocycles. The Balaban J connectivity index is 2.07. The Kier molecular flexibility index (Phi) is 4.49. The molecule has 0 atom stereocenters. The number of hydrogen-bond acceptors (Lipinski definition) is 2. The number of halogens is 2. The van der Waals surface area contributed by atoms with Crippen molar-refractivity contribution in [2.75, 3.05) is 26.2 Å². The molecule has 1 heterocycles. The van der Waals surface area contributed by atoms with Crippen LogP contribution in [0, 0.1) is 5.82 Å². The highest BCUT2D eigenvalue weighted by atomic mass is 79.9. The summed E-state index contributed by atoms with van der Waals surface area (Å²) in [5, 5.41) is 0. The molecule has 3 nitrogen and oxygen atoms in total. The molecule has 1 aliphatic heterocycles. The number of hydrogen-bond donors (Lipinski definition) is 0. The highest BCUT2D eigenvalue weighted by Crippen LogP contribution is 2.20. The van der Waals surface area contributed by atoms with Crippen LogP contribution in [-0.4, -0.2) is 47.4 Å². The van der Waals surface area contributed by atoms with Crippen LogP contribution in [0.25, 0.3) is 0 Å². The van der Waals surface area contributed by atoms with E-state index in [9.17, 15) is 9.18 Å². The minimum absolute atomic E-state index is 0.107. The van der Waals surface area contributed by atoms with Crippen molar-refractivity contribution in [2.45, 2.75) is 26.3 Å². The fourth-order valence-electron chi connectivity index (χ4n) is 2.41. The first kappa shape index (κ1) is 15.4. The Morgan fingerprint density at radius 3 is 2.35 bits per heavy atom. The second-order valence-corrected chi connectivity index (χ2v) is 6.99. The van der Waals surface area contributed by atoms with E-state index in [1.54, 1.807) is 17.0 Å². The number of rotatable bonds is 1. The molecular formula is C15H20BrFN2O. The van der Waals surface area contributed by atoms with Crippen molar-refractivity contribution < 1.29 is 9.18 Å². The SMILES string of the molecule is CC(C)(C)N1CCN(C(=O)c2cc(Br)ccc2F)CC1. The molecule has 0 bridgehead atoms. The standard InChI is InChI=1S/C15H20BrFN2O/c1-15(2,3)19-8-6-18(7-9-19)14(20)12-10-11(16)4-5-13(12)17/h4-5,10H,6-9H2,1-3H3. The molecule has 0 saturated carbocycles. The maximum Gasteiger partial charge on any atom is 0.256 e. The van der Waals surface area contributed by atoms with Gasteiger partial charge in [0.05, 0.1) is 5.56 Å². The van der Waals surface area contributed by atoms with Gasteiger partial charge in [0.15, 0.2) is 0 Å². The third-order valence-corrected chi connectivity index (χ3v) is 4.17. The van der Waals surface area contributed by atoms with Crippen molar-refractivity contribution >= 4 is 21.8 Å². The van der Waals surface area contributed by atoms with Crippen molar-refractivity contribution in [1.82, 2.24) is 9.80 Å². The Morgan fingerprint density at radius 2 is 1.80 bits per heavy atom. The molecule has 0 unspecified atom stereocenters. The second-order valence-electron chi connectivity index (χ2n) is 6.07. The van der Waals surface area contributed by atoms with Gasteiger partial charge in [-0.25, -0.2) is 4.39 Å². The first-order valence-electron chi connectivity index (χ1n) is 6.78. The van der Waals surface area contributed by atoms with Crippen LogP contribution in [0.1, 0.15) is 31.1 Å².